The maximum atomic E-state index is 6.34. The number of fused-ring (bicyclic) bond motifs is 5. The van der Waals surface area contributed by atoms with E-state index in [0.717, 1.165) is 89.3 Å². The summed E-state index contributed by atoms with van der Waals surface area (Å²) < 4.78 is 10.8. The van der Waals surface area contributed by atoms with Crippen LogP contribution in [0, 0.1) is 0 Å². The molecule has 0 saturated heterocycles. The van der Waals surface area contributed by atoms with E-state index in [9.17, 15) is 0 Å². The normalized spacial score (nSPS) is 11.7. The molecule has 5 aromatic carbocycles. The highest BCUT2D eigenvalue weighted by atomic mass is 16.3. The van der Waals surface area contributed by atoms with E-state index in [0.29, 0.717) is 0 Å². The molecule has 0 unspecified atom stereocenters. The number of rotatable bonds is 5. The van der Waals surface area contributed by atoms with Crippen LogP contribution in [-0.4, -0.2) is 29.1 Å². The standard InChI is InChI=1S/C42H26N6O/c1-6-16-39-33(11-1)34-18-17-27(23-40(34)49-39)30-21-31(47-37-14-4-2-12-35(37)45-41(47)28-9-7-19-43-25-28)24-32(22-30)48-38-15-5-3-13-36(38)46-42(48)29-10-8-20-44-26-29/h1-26H. The molecule has 7 heteroatoms. The molecule has 0 aliphatic carbocycles. The summed E-state index contributed by atoms with van der Waals surface area (Å²) in [7, 11) is 0. The topological polar surface area (TPSA) is 74.6 Å². The Kier molecular flexibility index (Phi) is 6.04. The van der Waals surface area contributed by atoms with Crippen LogP contribution >= 0.6 is 0 Å². The highest BCUT2D eigenvalue weighted by Crippen LogP contribution is 2.37. The van der Waals surface area contributed by atoms with Crippen molar-refractivity contribution >= 4 is 44.0 Å². The molecule has 230 valence electrons. The van der Waals surface area contributed by atoms with Gasteiger partial charge in [-0.05, 0) is 96.1 Å². The minimum atomic E-state index is 0.813. The summed E-state index contributed by atoms with van der Waals surface area (Å²) in [4.78, 5) is 19.1. The Morgan fingerprint density at radius 3 is 1.61 bits per heavy atom. The number of benzene rings is 5. The van der Waals surface area contributed by atoms with Gasteiger partial charge >= 0.3 is 0 Å². The van der Waals surface area contributed by atoms with E-state index in [1.807, 2.05) is 54.9 Å². The van der Waals surface area contributed by atoms with E-state index in [-0.39, 0.29) is 0 Å². The van der Waals surface area contributed by atoms with Crippen molar-refractivity contribution in [2.75, 3.05) is 0 Å². The van der Waals surface area contributed by atoms with E-state index in [2.05, 4.69) is 110 Å². The van der Waals surface area contributed by atoms with E-state index in [4.69, 9.17) is 14.4 Å². The van der Waals surface area contributed by atoms with Gasteiger partial charge in [-0.3, -0.25) is 19.1 Å². The van der Waals surface area contributed by atoms with Gasteiger partial charge in [0.15, 0.2) is 0 Å². The summed E-state index contributed by atoms with van der Waals surface area (Å²) in [6.07, 6.45) is 7.30. The van der Waals surface area contributed by atoms with Crippen molar-refractivity contribution in [1.29, 1.82) is 0 Å². The Hall–Kier alpha value is -6.86. The van der Waals surface area contributed by atoms with Gasteiger partial charge in [-0.1, -0.05) is 48.5 Å². The van der Waals surface area contributed by atoms with Gasteiger partial charge in [-0.25, -0.2) is 9.97 Å². The Bertz CT molecular complexity index is 2700. The van der Waals surface area contributed by atoms with E-state index < -0.39 is 0 Å². The smallest absolute Gasteiger partial charge is 0.147 e. The lowest BCUT2D eigenvalue weighted by molar-refractivity contribution is 0.669. The predicted molar refractivity (Wildman–Crippen MR) is 195 cm³/mol. The molecule has 0 atom stereocenters. The third-order valence-corrected chi connectivity index (χ3v) is 9.09. The molecule has 5 heterocycles. The highest BCUT2D eigenvalue weighted by Gasteiger charge is 2.20. The van der Waals surface area contributed by atoms with Crippen LogP contribution in [0.2, 0.25) is 0 Å². The summed E-state index contributed by atoms with van der Waals surface area (Å²) in [6.45, 7) is 0. The molecule has 0 fully saturated rings. The molecule has 0 bridgehead atoms. The minimum absolute atomic E-state index is 0.813. The Morgan fingerprint density at radius 2 is 1.00 bits per heavy atom. The molecule has 0 aliphatic heterocycles. The van der Waals surface area contributed by atoms with Gasteiger partial charge in [-0.2, -0.15) is 0 Å². The molecule has 0 saturated carbocycles. The number of para-hydroxylation sites is 5. The average molecular weight is 631 g/mol. The van der Waals surface area contributed by atoms with E-state index >= 15 is 0 Å². The van der Waals surface area contributed by atoms with Crippen molar-refractivity contribution in [2.24, 2.45) is 0 Å². The first-order valence-electron chi connectivity index (χ1n) is 16.1. The van der Waals surface area contributed by atoms with Gasteiger partial charge in [0.1, 0.15) is 22.8 Å². The second-order valence-corrected chi connectivity index (χ2v) is 12.0. The molecule has 0 aliphatic rings. The third-order valence-electron chi connectivity index (χ3n) is 9.09. The molecule has 10 rings (SSSR count). The first-order valence-corrected chi connectivity index (χ1v) is 16.1. The number of pyridine rings is 2. The first-order chi connectivity index (χ1) is 24.3. The molecule has 5 aromatic heterocycles. The predicted octanol–water partition coefficient (Wildman–Crippen LogP) is 10.1. The molecular weight excluding hydrogens is 605 g/mol. The fraction of sp³-hybridized carbons (Fsp3) is 0. The Morgan fingerprint density at radius 1 is 0.429 bits per heavy atom. The zero-order chi connectivity index (χ0) is 32.3. The summed E-state index contributed by atoms with van der Waals surface area (Å²) in [6, 6.07) is 45.8. The number of hydrogen-bond acceptors (Lipinski definition) is 5. The van der Waals surface area contributed by atoms with E-state index in [1.54, 1.807) is 12.4 Å². The second kappa shape index (κ2) is 10.9. The van der Waals surface area contributed by atoms with Gasteiger partial charge < -0.3 is 4.42 Å². The Balaban J connectivity index is 1.29. The summed E-state index contributed by atoms with van der Waals surface area (Å²) in [5.41, 5.74) is 11.4. The van der Waals surface area contributed by atoms with Crippen LogP contribution < -0.4 is 0 Å². The molecule has 7 nitrogen and oxygen atoms in total. The van der Waals surface area contributed by atoms with Crippen LogP contribution in [-0.2, 0) is 0 Å². The van der Waals surface area contributed by atoms with Gasteiger partial charge in [0, 0.05) is 46.7 Å². The molecule has 49 heavy (non-hydrogen) atoms. The van der Waals surface area contributed by atoms with Crippen LogP contribution in [0.5, 0.6) is 0 Å². The fourth-order valence-corrected chi connectivity index (χ4v) is 6.88. The minimum Gasteiger partial charge on any atom is -0.456 e. The quantitative estimate of drug-likeness (QED) is 0.189. The Labute approximate surface area is 280 Å². The van der Waals surface area contributed by atoms with Gasteiger partial charge in [0.2, 0.25) is 0 Å². The van der Waals surface area contributed by atoms with Gasteiger partial charge in [-0.15, -0.1) is 0 Å². The maximum Gasteiger partial charge on any atom is 0.147 e. The molecule has 0 spiro atoms. The maximum absolute atomic E-state index is 6.34. The SMILES string of the molecule is c1cncc(-c2nc3ccccc3n2-c2cc(-c3ccc4c(c3)oc3ccccc34)cc(-n3c(-c4cccnc4)nc4ccccc43)c2)c1. The first kappa shape index (κ1) is 27.3. The molecule has 10 aromatic rings. The number of aromatic nitrogens is 6. The lowest BCUT2D eigenvalue weighted by atomic mass is 10.0. The average Bonchev–Trinajstić information content (AvgIpc) is 3.87. The van der Waals surface area contributed by atoms with Crippen LogP contribution in [0.3, 0.4) is 0 Å². The lowest BCUT2D eigenvalue weighted by Gasteiger charge is -2.17. The molecule has 0 N–H and O–H groups in total. The zero-order valence-corrected chi connectivity index (χ0v) is 26.1. The van der Waals surface area contributed by atoms with Crippen molar-refractivity contribution in [3.63, 3.8) is 0 Å². The number of hydrogen-bond donors (Lipinski definition) is 0. The second-order valence-electron chi connectivity index (χ2n) is 12.0. The van der Waals surface area contributed by atoms with Crippen molar-refractivity contribution in [3.05, 3.63) is 158 Å². The molecule has 0 radical (unpaired) electrons. The van der Waals surface area contributed by atoms with Crippen molar-refractivity contribution < 1.29 is 4.42 Å². The fourth-order valence-electron chi connectivity index (χ4n) is 6.88. The summed E-state index contributed by atoms with van der Waals surface area (Å²) in [5.74, 6) is 1.63. The number of imidazole rings is 2. The van der Waals surface area contributed by atoms with Gasteiger partial charge in [0.25, 0.3) is 0 Å². The van der Waals surface area contributed by atoms with Crippen molar-refractivity contribution in [3.8, 4) is 45.3 Å². The highest BCUT2D eigenvalue weighted by molar-refractivity contribution is 6.06. The number of furan rings is 1. The largest absolute Gasteiger partial charge is 0.456 e. The van der Waals surface area contributed by atoms with Crippen LogP contribution in [0.25, 0.3) is 89.3 Å². The van der Waals surface area contributed by atoms with Crippen molar-refractivity contribution in [1.82, 2.24) is 29.1 Å². The summed E-state index contributed by atoms with van der Waals surface area (Å²) in [5, 5.41) is 2.20. The van der Waals surface area contributed by atoms with Gasteiger partial charge in [0.05, 0.1) is 33.4 Å². The monoisotopic (exact) mass is 630 g/mol. The molecular formula is C42H26N6O. The van der Waals surface area contributed by atoms with Crippen LogP contribution in [0.1, 0.15) is 0 Å². The zero-order valence-electron chi connectivity index (χ0n) is 26.1. The number of nitrogens with zero attached hydrogens (tertiary/aromatic N) is 6. The van der Waals surface area contributed by atoms with Crippen molar-refractivity contribution in [2.45, 2.75) is 0 Å². The van der Waals surface area contributed by atoms with E-state index in [1.165, 1.54) is 0 Å². The summed E-state index contributed by atoms with van der Waals surface area (Å²) >= 11 is 0. The third kappa shape index (κ3) is 4.44. The molecule has 0 amide bonds. The lowest BCUT2D eigenvalue weighted by Crippen LogP contribution is -2.03. The van der Waals surface area contributed by atoms with Crippen LogP contribution in [0.4, 0.5) is 0 Å². The van der Waals surface area contributed by atoms with Crippen LogP contribution in [0.15, 0.2) is 163 Å².